The summed E-state index contributed by atoms with van der Waals surface area (Å²) in [5.74, 6) is 0. The highest BCUT2D eigenvalue weighted by Crippen LogP contribution is 2.06. The summed E-state index contributed by atoms with van der Waals surface area (Å²) in [4.78, 5) is 0. The SMILES string of the molecule is N#Cc1cccc(B(O)O)c1N. The van der Waals surface area contributed by atoms with Crippen LogP contribution < -0.4 is 11.2 Å². The maximum Gasteiger partial charge on any atom is 0.490 e. The fraction of sp³-hybridized carbons (Fsp3) is 0. The minimum Gasteiger partial charge on any atom is -0.423 e. The standard InChI is InChI=1S/C7H7BN2O2/c9-4-5-2-1-3-6(7(5)10)8(11)12/h1-3,11-12H,10H2. The van der Waals surface area contributed by atoms with E-state index in [4.69, 9.17) is 21.0 Å². The molecule has 4 N–H and O–H groups in total. The molecule has 0 aliphatic heterocycles. The van der Waals surface area contributed by atoms with Crippen molar-refractivity contribution in [1.82, 2.24) is 0 Å². The zero-order valence-electron chi connectivity index (χ0n) is 6.23. The first kappa shape index (κ1) is 8.59. The van der Waals surface area contributed by atoms with E-state index in [2.05, 4.69) is 0 Å². The Morgan fingerprint density at radius 1 is 1.42 bits per heavy atom. The van der Waals surface area contributed by atoms with Gasteiger partial charge in [0.1, 0.15) is 6.07 Å². The van der Waals surface area contributed by atoms with Crippen molar-refractivity contribution < 1.29 is 10.0 Å². The van der Waals surface area contributed by atoms with Crippen LogP contribution in [0.2, 0.25) is 0 Å². The first-order valence-electron chi connectivity index (χ1n) is 3.31. The van der Waals surface area contributed by atoms with Crippen molar-refractivity contribution in [3.8, 4) is 6.07 Å². The predicted octanol–water partition coefficient (Wildman–Crippen LogP) is -1.18. The maximum absolute atomic E-state index is 8.79. The number of rotatable bonds is 1. The van der Waals surface area contributed by atoms with E-state index in [9.17, 15) is 0 Å². The van der Waals surface area contributed by atoms with Crippen LogP contribution in [0, 0.1) is 11.3 Å². The summed E-state index contributed by atoms with van der Waals surface area (Å²) in [5.41, 5.74) is 5.98. The second-order valence-electron chi connectivity index (χ2n) is 2.29. The Labute approximate surface area is 70.0 Å². The smallest absolute Gasteiger partial charge is 0.423 e. The number of benzene rings is 1. The van der Waals surface area contributed by atoms with Gasteiger partial charge >= 0.3 is 7.12 Å². The number of hydrogen-bond acceptors (Lipinski definition) is 4. The largest absolute Gasteiger partial charge is 0.490 e. The van der Waals surface area contributed by atoms with Crippen LogP contribution in [-0.2, 0) is 0 Å². The van der Waals surface area contributed by atoms with E-state index in [1.54, 1.807) is 6.07 Å². The lowest BCUT2D eigenvalue weighted by Crippen LogP contribution is -2.32. The van der Waals surface area contributed by atoms with Crippen LogP contribution in [0.3, 0.4) is 0 Å². The second-order valence-corrected chi connectivity index (χ2v) is 2.29. The topological polar surface area (TPSA) is 90.3 Å². The Bertz CT molecular complexity index is 333. The molecule has 1 aromatic carbocycles. The average Bonchev–Trinajstić information content (AvgIpc) is 2.04. The first-order chi connectivity index (χ1) is 5.66. The third kappa shape index (κ3) is 1.40. The summed E-state index contributed by atoms with van der Waals surface area (Å²) in [6.45, 7) is 0. The normalized spacial score (nSPS) is 9.08. The Morgan fingerprint density at radius 3 is 2.58 bits per heavy atom. The summed E-state index contributed by atoms with van der Waals surface area (Å²) in [7, 11) is -1.63. The molecule has 0 saturated carbocycles. The molecule has 1 aromatic rings. The molecule has 0 aliphatic carbocycles. The van der Waals surface area contributed by atoms with Crippen molar-refractivity contribution >= 4 is 18.3 Å². The quantitative estimate of drug-likeness (QED) is 0.358. The number of nitrogens with two attached hydrogens (primary N) is 1. The molecule has 0 saturated heterocycles. The van der Waals surface area contributed by atoms with Crippen LogP contribution in [0.4, 0.5) is 5.69 Å². The summed E-state index contributed by atoms with van der Waals surface area (Å²) < 4.78 is 0. The number of nitrogen functional groups attached to an aromatic ring is 1. The molecule has 60 valence electrons. The lowest BCUT2D eigenvalue weighted by molar-refractivity contribution is 0.426. The van der Waals surface area contributed by atoms with Crippen molar-refractivity contribution in [2.45, 2.75) is 0 Å². The van der Waals surface area contributed by atoms with Crippen LogP contribution in [0.5, 0.6) is 0 Å². The van der Waals surface area contributed by atoms with Gasteiger partial charge in [-0.05, 0) is 6.07 Å². The second kappa shape index (κ2) is 3.26. The molecule has 0 fully saturated rings. The van der Waals surface area contributed by atoms with Crippen molar-refractivity contribution in [2.75, 3.05) is 5.73 Å². The maximum atomic E-state index is 8.79. The molecule has 0 radical (unpaired) electrons. The van der Waals surface area contributed by atoms with Gasteiger partial charge in [-0.1, -0.05) is 12.1 Å². The highest BCUT2D eigenvalue weighted by molar-refractivity contribution is 6.60. The van der Waals surface area contributed by atoms with Crippen LogP contribution in [0.25, 0.3) is 0 Å². The van der Waals surface area contributed by atoms with Crippen molar-refractivity contribution in [2.24, 2.45) is 0 Å². The van der Waals surface area contributed by atoms with Gasteiger partial charge in [-0.2, -0.15) is 5.26 Å². The molecule has 4 nitrogen and oxygen atoms in total. The van der Waals surface area contributed by atoms with Gasteiger partial charge in [0.2, 0.25) is 0 Å². The van der Waals surface area contributed by atoms with Gasteiger partial charge in [-0.3, -0.25) is 0 Å². The number of para-hydroxylation sites is 1. The van der Waals surface area contributed by atoms with E-state index < -0.39 is 7.12 Å². The lowest BCUT2D eigenvalue weighted by atomic mass is 9.78. The van der Waals surface area contributed by atoms with Gasteiger partial charge < -0.3 is 15.8 Å². The fourth-order valence-corrected chi connectivity index (χ4v) is 0.906. The predicted molar refractivity (Wildman–Crippen MR) is 45.4 cm³/mol. The van der Waals surface area contributed by atoms with E-state index in [1.807, 2.05) is 6.07 Å². The fourth-order valence-electron chi connectivity index (χ4n) is 0.906. The highest BCUT2D eigenvalue weighted by atomic mass is 16.4. The van der Waals surface area contributed by atoms with Crippen LogP contribution in [0.1, 0.15) is 5.56 Å². The minimum atomic E-state index is -1.63. The van der Waals surface area contributed by atoms with E-state index in [-0.39, 0.29) is 16.7 Å². The highest BCUT2D eigenvalue weighted by Gasteiger charge is 2.15. The van der Waals surface area contributed by atoms with Gasteiger partial charge in [0.25, 0.3) is 0 Å². The zero-order valence-corrected chi connectivity index (χ0v) is 6.23. The Morgan fingerprint density at radius 2 is 2.08 bits per heavy atom. The molecule has 12 heavy (non-hydrogen) atoms. The lowest BCUT2D eigenvalue weighted by Gasteiger charge is -2.04. The molecule has 0 spiro atoms. The molecule has 0 atom stereocenters. The van der Waals surface area contributed by atoms with Crippen LogP contribution in [0.15, 0.2) is 18.2 Å². The molecule has 0 heterocycles. The molecule has 0 aromatic heterocycles. The monoisotopic (exact) mass is 162 g/mol. The molecular weight excluding hydrogens is 155 g/mol. The molecular formula is C7H7BN2O2. The summed E-state index contributed by atoms with van der Waals surface area (Å²) in [6.07, 6.45) is 0. The van der Waals surface area contributed by atoms with E-state index in [1.165, 1.54) is 12.1 Å². The van der Waals surface area contributed by atoms with E-state index in [0.29, 0.717) is 0 Å². The molecule has 1 rings (SSSR count). The number of nitriles is 1. The Balaban J connectivity index is 3.25. The molecule has 5 heteroatoms. The molecule has 0 unspecified atom stereocenters. The van der Waals surface area contributed by atoms with Gasteiger partial charge in [0, 0.05) is 11.2 Å². The minimum absolute atomic E-state index is 0.120. The van der Waals surface area contributed by atoms with Gasteiger partial charge in [-0.25, -0.2) is 0 Å². The molecule has 0 bridgehead atoms. The number of hydrogen-bond donors (Lipinski definition) is 3. The zero-order chi connectivity index (χ0) is 9.14. The first-order valence-corrected chi connectivity index (χ1v) is 3.31. The van der Waals surface area contributed by atoms with Crippen LogP contribution in [-0.4, -0.2) is 17.2 Å². The number of anilines is 1. The summed E-state index contributed by atoms with van der Waals surface area (Å²) in [6, 6.07) is 6.36. The molecule has 0 aliphatic rings. The average molecular weight is 162 g/mol. The third-order valence-corrected chi connectivity index (χ3v) is 1.54. The number of nitrogens with zero attached hydrogens (tertiary/aromatic N) is 1. The molecule has 0 amide bonds. The Hall–Kier alpha value is -1.51. The van der Waals surface area contributed by atoms with Crippen LogP contribution >= 0.6 is 0 Å². The Kier molecular flexibility index (Phi) is 2.33. The van der Waals surface area contributed by atoms with Crippen molar-refractivity contribution in [3.05, 3.63) is 23.8 Å². The van der Waals surface area contributed by atoms with E-state index in [0.717, 1.165) is 0 Å². The van der Waals surface area contributed by atoms with Gasteiger partial charge in [0.05, 0.1) is 5.56 Å². The summed E-state index contributed by atoms with van der Waals surface area (Å²) in [5, 5.41) is 26.1. The third-order valence-electron chi connectivity index (χ3n) is 1.54. The van der Waals surface area contributed by atoms with Crippen molar-refractivity contribution in [1.29, 1.82) is 5.26 Å². The van der Waals surface area contributed by atoms with E-state index >= 15 is 0 Å². The summed E-state index contributed by atoms with van der Waals surface area (Å²) >= 11 is 0. The van der Waals surface area contributed by atoms with Gasteiger partial charge in [0.15, 0.2) is 0 Å². The van der Waals surface area contributed by atoms with Gasteiger partial charge in [-0.15, -0.1) is 0 Å². The van der Waals surface area contributed by atoms with Crippen molar-refractivity contribution in [3.63, 3.8) is 0 Å².